The summed E-state index contributed by atoms with van der Waals surface area (Å²) in [6.07, 6.45) is -4.59. The Morgan fingerprint density at radius 3 is 2.44 bits per heavy atom. The molecule has 27 heavy (non-hydrogen) atoms. The Morgan fingerprint density at radius 2 is 1.78 bits per heavy atom. The van der Waals surface area contributed by atoms with Crippen molar-refractivity contribution < 1.29 is 27.6 Å². The number of halogens is 3. The van der Waals surface area contributed by atoms with Crippen LogP contribution in [0.4, 0.5) is 13.2 Å². The second kappa shape index (κ2) is 7.58. The fraction of sp³-hybridized carbons (Fsp3) is 0.167. The van der Waals surface area contributed by atoms with Gasteiger partial charge in [-0.25, -0.2) is 0 Å². The Hall–Kier alpha value is -3.20. The Balaban J connectivity index is 1.85. The number of hydrogen-bond acceptors (Lipinski definition) is 5. The number of rotatable bonds is 5. The molecule has 0 radical (unpaired) electrons. The Labute approximate surface area is 151 Å². The maximum Gasteiger partial charge on any atom is 0.417 e. The lowest BCUT2D eigenvalue weighted by Gasteiger charge is -2.12. The summed E-state index contributed by atoms with van der Waals surface area (Å²) in [6.45, 7) is -0.568. The molecule has 0 saturated carbocycles. The van der Waals surface area contributed by atoms with Crippen LogP contribution in [0.3, 0.4) is 0 Å². The number of aliphatic hydroxyl groups excluding tert-OH is 1. The number of aliphatic hydroxyl groups is 1. The molecule has 2 aromatic carbocycles. The minimum absolute atomic E-state index is 0.200. The highest BCUT2D eigenvalue weighted by Crippen LogP contribution is 2.36. The predicted octanol–water partition coefficient (Wildman–Crippen LogP) is 3.22. The van der Waals surface area contributed by atoms with Crippen LogP contribution in [-0.2, 0) is 6.18 Å². The van der Waals surface area contributed by atoms with Crippen molar-refractivity contribution in [3.05, 3.63) is 71.6 Å². The number of alkyl halides is 3. The van der Waals surface area contributed by atoms with Gasteiger partial charge in [0.15, 0.2) is 0 Å². The monoisotopic (exact) mass is 377 g/mol. The second-order valence-electron chi connectivity index (χ2n) is 5.57. The van der Waals surface area contributed by atoms with Crippen molar-refractivity contribution in [1.82, 2.24) is 15.5 Å². The number of nitrogens with one attached hydrogen (secondary N) is 1. The van der Waals surface area contributed by atoms with Crippen molar-refractivity contribution >= 4 is 5.91 Å². The van der Waals surface area contributed by atoms with E-state index in [1.54, 1.807) is 30.3 Å². The highest BCUT2D eigenvalue weighted by atomic mass is 19.4. The van der Waals surface area contributed by atoms with Crippen molar-refractivity contribution in [2.75, 3.05) is 6.61 Å². The Morgan fingerprint density at radius 1 is 1.11 bits per heavy atom. The molecule has 0 saturated heterocycles. The largest absolute Gasteiger partial charge is 0.417 e. The molecule has 0 fully saturated rings. The summed E-state index contributed by atoms with van der Waals surface area (Å²) < 4.78 is 44.4. The van der Waals surface area contributed by atoms with Gasteiger partial charge in [0.25, 0.3) is 11.8 Å². The van der Waals surface area contributed by atoms with Crippen LogP contribution in [-0.4, -0.2) is 27.8 Å². The standard InChI is InChI=1S/C18H14F3N3O3/c19-18(20,21)13-9-5-4-8-12(13)15-23-17(27-24-15)14(10-25)22-16(26)11-6-2-1-3-7-11/h1-9,14,25H,10H2,(H,22,26)/t14-/m0/s1. The molecule has 6 nitrogen and oxygen atoms in total. The average Bonchev–Trinajstić information content (AvgIpc) is 3.16. The van der Waals surface area contributed by atoms with E-state index in [2.05, 4.69) is 15.5 Å². The molecule has 9 heteroatoms. The van der Waals surface area contributed by atoms with E-state index in [1.165, 1.54) is 18.2 Å². The van der Waals surface area contributed by atoms with Crippen LogP contribution in [0.25, 0.3) is 11.4 Å². The molecule has 0 aliphatic carbocycles. The van der Waals surface area contributed by atoms with E-state index in [-0.39, 0.29) is 17.3 Å². The molecule has 0 bridgehead atoms. The molecular formula is C18H14F3N3O3. The van der Waals surface area contributed by atoms with Gasteiger partial charge in [-0.3, -0.25) is 4.79 Å². The minimum atomic E-state index is -4.59. The number of carbonyl (C=O) groups excluding carboxylic acids is 1. The minimum Gasteiger partial charge on any atom is -0.394 e. The molecule has 3 aromatic rings. The lowest BCUT2D eigenvalue weighted by molar-refractivity contribution is -0.137. The van der Waals surface area contributed by atoms with Crippen LogP contribution < -0.4 is 5.32 Å². The third-order valence-corrected chi connectivity index (χ3v) is 3.74. The number of nitrogens with zero attached hydrogens (tertiary/aromatic N) is 2. The van der Waals surface area contributed by atoms with Gasteiger partial charge < -0.3 is 14.9 Å². The molecule has 1 heterocycles. The van der Waals surface area contributed by atoms with Crippen LogP contribution in [0.15, 0.2) is 59.1 Å². The number of hydrogen-bond donors (Lipinski definition) is 2. The van der Waals surface area contributed by atoms with Gasteiger partial charge in [0, 0.05) is 11.1 Å². The molecule has 2 N–H and O–H groups in total. The highest BCUT2D eigenvalue weighted by molar-refractivity contribution is 5.94. The van der Waals surface area contributed by atoms with Gasteiger partial charge in [0.05, 0.1) is 12.2 Å². The fourth-order valence-electron chi connectivity index (χ4n) is 2.43. The summed E-state index contributed by atoms with van der Waals surface area (Å²) >= 11 is 0. The zero-order valence-electron chi connectivity index (χ0n) is 13.8. The van der Waals surface area contributed by atoms with Gasteiger partial charge in [-0.1, -0.05) is 41.6 Å². The van der Waals surface area contributed by atoms with Gasteiger partial charge in [0.2, 0.25) is 5.82 Å². The van der Waals surface area contributed by atoms with E-state index in [9.17, 15) is 23.1 Å². The first-order valence-corrected chi connectivity index (χ1v) is 7.87. The maximum absolute atomic E-state index is 13.1. The van der Waals surface area contributed by atoms with Crippen LogP contribution in [0.2, 0.25) is 0 Å². The van der Waals surface area contributed by atoms with Crippen LogP contribution in [0, 0.1) is 0 Å². The van der Waals surface area contributed by atoms with E-state index in [4.69, 9.17) is 4.52 Å². The molecule has 0 spiro atoms. The van der Waals surface area contributed by atoms with Crippen molar-refractivity contribution in [3.63, 3.8) is 0 Å². The topological polar surface area (TPSA) is 88.2 Å². The Bertz CT molecular complexity index is 926. The van der Waals surface area contributed by atoms with Gasteiger partial charge in [-0.2, -0.15) is 18.2 Å². The summed E-state index contributed by atoms with van der Waals surface area (Å²) in [5, 5.41) is 15.6. The van der Waals surface area contributed by atoms with Crippen molar-refractivity contribution in [1.29, 1.82) is 0 Å². The number of aromatic nitrogens is 2. The van der Waals surface area contributed by atoms with Crippen molar-refractivity contribution in [3.8, 4) is 11.4 Å². The first kappa shape index (κ1) is 18.6. The fourth-order valence-corrected chi connectivity index (χ4v) is 2.43. The molecule has 0 aliphatic rings. The van der Waals surface area contributed by atoms with E-state index in [0.29, 0.717) is 5.56 Å². The smallest absolute Gasteiger partial charge is 0.394 e. The maximum atomic E-state index is 13.1. The average molecular weight is 377 g/mol. The zero-order valence-corrected chi connectivity index (χ0v) is 13.8. The molecule has 0 unspecified atom stereocenters. The van der Waals surface area contributed by atoms with E-state index in [1.807, 2.05) is 0 Å². The summed E-state index contributed by atoms with van der Waals surface area (Å²) in [5.74, 6) is -0.982. The van der Waals surface area contributed by atoms with Crippen LogP contribution >= 0.6 is 0 Å². The first-order valence-electron chi connectivity index (χ1n) is 7.87. The van der Waals surface area contributed by atoms with Gasteiger partial charge >= 0.3 is 6.18 Å². The number of carbonyl (C=O) groups is 1. The molecular weight excluding hydrogens is 363 g/mol. The number of benzene rings is 2. The second-order valence-corrected chi connectivity index (χ2v) is 5.57. The predicted molar refractivity (Wildman–Crippen MR) is 88.5 cm³/mol. The van der Waals surface area contributed by atoms with Crippen molar-refractivity contribution in [2.45, 2.75) is 12.2 Å². The quantitative estimate of drug-likeness (QED) is 0.713. The normalized spacial score (nSPS) is 12.6. The van der Waals surface area contributed by atoms with Gasteiger partial charge in [-0.05, 0) is 18.2 Å². The molecule has 1 aromatic heterocycles. The third-order valence-electron chi connectivity index (χ3n) is 3.74. The molecule has 140 valence electrons. The molecule has 1 amide bonds. The van der Waals surface area contributed by atoms with Crippen molar-refractivity contribution in [2.24, 2.45) is 0 Å². The molecule has 3 rings (SSSR count). The molecule has 1 atom stereocenters. The summed E-state index contributed by atoms with van der Waals surface area (Å²) in [5.41, 5.74) is -0.824. The summed E-state index contributed by atoms with van der Waals surface area (Å²) in [6, 6.07) is 12.0. The lowest BCUT2D eigenvalue weighted by atomic mass is 10.1. The van der Waals surface area contributed by atoms with E-state index < -0.39 is 30.3 Å². The van der Waals surface area contributed by atoms with E-state index >= 15 is 0 Å². The summed E-state index contributed by atoms with van der Waals surface area (Å²) in [4.78, 5) is 16.1. The number of amides is 1. The van der Waals surface area contributed by atoms with Gasteiger partial charge in [0.1, 0.15) is 6.04 Å². The zero-order chi connectivity index (χ0) is 19.4. The lowest BCUT2D eigenvalue weighted by Crippen LogP contribution is -2.31. The van der Waals surface area contributed by atoms with Crippen LogP contribution in [0.5, 0.6) is 0 Å². The van der Waals surface area contributed by atoms with E-state index in [0.717, 1.165) is 6.07 Å². The van der Waals surface area contributed by atoms with Crippen LogP contribution in [0.1, 0.15) is 27.9 Å². The molecule has 0 aliphatic heterocycles. The first-order chi connectivity index (χ1) is 12.9. The Kier molecular flexibility index (Phi) is 5.22. The summed E-state index contributed by atoms with van der Waals surface area (Å²) in [7, 11) is 0. The highest BCUT2D eigenvalue weighted by Gasteiger charge is 2.35. The SMILES string of the molecule is O=C(N[C@@H](CO)c1nc(-c2ccccc2C(F)(F)F)no1)c1ccccc1. The third kappa shape index (κ3) is 4.14. The van der Waals surface area contributed by atoms with Gasteiger partial charge in [-0.15, -0.1) is 0 Å².